The number of hydrogen-bond donors (Lipinski definition) is 1. The van der Waals surface area contributed by atoms with Crippen molar-refractivity contribution in [3.8, 4) is 0 Å². The van der Waals surface area contributed by atoms with Crippen LogP contribution in [0, 0.1) is 0 Å². The van der Waals surface area contributed by atoms with Gasteiger partial charge >= 0.3 is 6.03 Å². The number of piperazine rings is 1. The van der Waals surface area contributed by atoms with E-state index in [1.54, 1.807) is 11.3 Å². The number of nitrogens with zero attached hydrogens (tertiary/aromatic N) is 5. The van der Waals surface area contributed by atoms with Crippen LogP contribution in [0.25, 0.3) is 0 Å². The normalized spacial score (nSPS) is 15.6. The summed E-state index contributed by atoms with van der Waals surface area (Å²) in [4.78, 5) is 25.6. The first-order valence-electron chi connectivity index (χ1n) is 9.18. The van der Waals surface area contributed by atoms with Gasteiger partial charge in [-0.3, -0.25) is 4.90 Å². The van der Waals surface area contributed by atoms with Crippen molar-refractivity contribution in [3.05, 3.63) is 34.3 Å². The lowest BCUT2D eigenvalue weighted by atomic mass is 10.2. The number of thiazole rings is 1. The number of amides is 2. The van der Waals surface area contributed by atoms with Crippen molar-refractivity contribution in [2.24, 2.45) is 7.05 Å². The number of carbonyl (C=O) groups is 1. The van der Waals surface area contributed by atoms with Crippen LogP contribution in [0.2, 0.25) is 0 Å². The van der Waals surface area contributed by atoms with Gasteiger partial charge in [-0.05, 0) is 5.92 Å². The van der Waals surface area contributed by atoms with Gasteiger partial charge in [0.1, 0.15) is 5.82 Å². The summed E-state index contributed by atoms with van der Waals surface area (Å²) in [6, 6.07) is 0.0299. The van der Waals surface area contributed by atoms with Crippen molar-refractivity contribution in [1.82, 2.24) is 29.7 Å². The van der Waals surface area contributed by atoms with Crippen LogP contribution >= 0.6 is 11.3 Å². The Morgan fingerprint density at radius 3 is 2.69 bits per heavy atom. The minimum absolute atomic E-state index is 0.0299. The number of urea groups is 1. The van der Waals surface area contributed by atoms with E-state index in [0.29, 0.717) is 12.5 Å². The molecule has 142 valence electrons. The summed E-state index contributed by atoms with van der Waals surface area (Å²) in [6.07, 6.45) is 4.58. The van der Waals surface area contributed by atoms with Gasteiger partial charge in [0.05, 0.1) is 17.2 Å². The molecule has 2 amide bonds. The van der Waals surface area contributed by atoms with Crippen LogP contribution in [-0.2, 0) is 20.0 Å². The maximum absolute atomic E-state index is 12.3. The molecule has 0 spiro atoms. The van der Waals surface area contributed by atoms with Gasteiger partial charge < -0.3 is 14.8 Å². The highest BCUT2D eigenvalue weighted by Crippen LogP contribution is 2.17. The zero-order valence-corrected chi connectivity index (χ0v) is 16.6. The first kappa shape index (κ1) is 18.8. The van der Waals surface area contributed by atoms with E-state index in [2.05, 4.69) is 39.4 Å². The standard InChI is InChI=1S/C18H28N6OS/c1-14(2)15-13-26-17(21-15)4-5-20-18(25)24-10-8-23(9-11-24)12-16-19-6-7-22(16)3/h6-7,13-14H,4-5,8-12H2,1-3H3,(H,20,25). The molecule has 1 N–H and O–H groups in total. The first-order valence-corrected chi connectivity index (χ1v) is 10.1. The van der Waals surface area contributed by atoms with Crippen molar-refractivity contribution >= 4 is 17.4 Å². The molecule has 1 saturated heterocycles. The fourth-order valence-corrected chi connectivity index (χ4v) is 3.91. The third-order valence-electron chi connectivity index (χ3n) is 4.72. The molecule has 26 heavy (non-hydrogen) atoms. The average Bonchev–Trinajstić information content (AvgIpc) is 3.25. The third-order valence-corrected chi connectivity index (χ3v) is 5.65. The monoisotopic (exact) mass is 376 g/mol. The molecule has 0 aromatic carbocycles. The number of rotatable bonds is 6. The third kappa shape index (κ3) is 4.82. The zero-order chi connectivity index (χ0) is 18.5. The van der Waals surface area contributed by atoms with Gasteiger partial charge in [-0.15, -0.1) is 11.3 Å². The topological polar surface area (TPSA) is 66.3 Å². The molecule has 1 aliphatic rings. The van der Waals surface area contributed by atoms with E-state index in [4.69, 9.17) is 0 Å². The summed E-state index contributed by atoms with van der Waals surface area (Å²) >= 11 is 1.68. The Hall–Kier alpha value is -1.93. The van der Waals surface area contributed by atoms with Crippen LogP contribution in [0.5, 0.6) is 0 Å². The van der Waals surface area contributed by atoms with Crippen LogP contribution in [0.3, 0.4) is 0 Å². The largest absolute Gasteiger partial charge is 0.338 e. The quantitative estimate of drug-likeness (QED) is 0.838. The van der Waals surface area contributed by atoms with Gasteiger partial charge in [-0.25, -0.2) is 14.8 Å². The van der Waals surface area contributed by atoms with E-state index < -0.39 is 0 Å². The summed E-state index contributed by atoms with van der Waals surface area (Å²) < 4.78 is 2.04. The van der Waals surface area contributed by atoms with E-state index in [1.165, 1.54) is 0 Å². The maximum Gasteiger partial charge on any atom is 0.317 e. The predicted molar refractivity (Wildman–Crippen MR) is 103 cm³/mol. The molecule has 1 aliphatic heterocycles. The minimum Gasteiger partial charge on any atom is -0.338 e. The number of imidazole rings is 1. The van der Waals surface area contributed by atoms with Crippen molar-refractivity contribution in [2.45, 2.75) is 32.7 Å². The van der Waals surface area contributed by atoms with Crippen LogP contribution in [0.15, 0.2) is 17.8 Å². The van der Waals surface area contributed by atoms with Crippen molar-refractivity contribution in [3.63, 3.8) is 0 Å². The highest BCUT2D eigenvalue weighted by atomic mass is 32.1. The molecule has 0 saturated carbocycles. The van der Waals surface area contributed by atoms with Gasteiger partial charge in [-0.1, -0.05) is 13.8 Å². The molecule has 0 aliphatic carbocycles. The molecule has 2 aromatic heterocycles. The Labute approximate surface area is 159 Å². The molecule has 0 atom stereocenters. The van der Waals surface area contributed by atoms with Crippen molar-refractivity contribution in [1.29, 1.82) is 0 Å². The Kier molecular flexibility index (Phi) is 6.26. The van der Waals surface area contributed by atoms with Crippen molar-refractivity contribution in [2.75, 3.05) is 32.7 Å². The van der Waals surface area contributed by atoms with Gasteiger partial charge in [0.15, 0.2) is 0 Å². The molecule has 0 bridgehead atoms. The maximum atomic E-state index is 12.3. The van der Waals surface area contributed by atoms with Crippen LogP contribution < -0.4 is 5.32 Å². The lowest BCUT2D eigenvalue weighted by Gasteiger charge is -2.34. The highest BCUT2D eigenvalue weighted by Gasteiger charge is 2.21. The number of hydrogen-bond acceptors (Lipinski definition) is 5. The van der Waals surface area contributed by atoms with E-state index in [-0.39, 0.29) is 6.03 Å². The fraction of sp³-hybridized carbons (Fsp3) is 0.611. The molecule has 7 nitrogen and oxygen atoms in total. The van der Waals surface area contributed by atoms with Gasteiger partial charge in [-0.2, -0.15) is 0 Å². The van der Waals surface area contributed by atoms with Gasteiger partial charge in [0.2, 0.25) is 0 Å². The second kappa shape index (κ2) is 8.64. The van der Waals surface area contributed by atoms with Crippen LogP contribution in [-0.4, -0.2) is 63.1 Å². The molecule has 0 radical (unpaired) electrons. The summed E-state index contributed by atoms with van der Waals surface area (Å²) in [5, 5.41) is 6.23. The zero-order valence-electron chi connectivity index (χ0n) is 15.8. The Bertz CT molecular complexity index is 717. The average molecular weight is 377 g/mol. The SMILES string of the molecule is CC(C)c1csc(CCNC(=O)N2CCN(Cc3nccn3C)CC2)n1. The molecule has 2 aromatic rings. The van der Waals surface area contributed by atoms with E-state index >= 15 is 0 Å². The smallest absolute Gasteiger partial charge is 0.317 e. The molecular formula is C18H28N6OS. The lowest BCUT2D eigenvalue weighted by molar-refractivity contribution is 0.133. The fourth-order valence-electron chi connectivity index (χ4n) is 2.95. The first-order chi connectivity index (χ1) is 12.5. The molecular weight excluding hydrogens is 348 g/mol. The summed E-state index contributed by atoms with van der Waals surface area (Å²) in [6.45, 7) is 9.03. The Morgan fingerprint density at radius 2 is 2.08 bits per heavy atom. The van der Waals surface area contributed by atoms with E-state index in [1.807, 2.05) is 28.9 Å². The van der Waals surface area contributed by atoms with Gasteiger partial charge in [0.25, 0.3) is 0 Å². The molecule has 0 unspecified atom stereocenters. The van der Waals surface area contributed by atoms with Crippen molar-refractivity contribution < 1.29 is 4.79 Å². The van der Waals surface area contributed by atoms with Crippen LogP contribution in [0.1, 0.15) is 36.3 Å². The molecule has 1 fully saturated rings. The Balaban J connectivity index is 1.37. The second-order valence-corrected chi connectivity index (χ2v) is 7.96. The summed E-state index contributed by atoms with van der Waals surface area (Å²) in [5.74, 6) is 1.52. The molecule has 3 rings (SSSR count). The molecule has 8 heteroatoms. The number of nitrogens with one attached hydrogen (secondary N) is 1. The highest BCUT2D eigenvalue weighted by molar-refractivity contribution is 7.09. The lowest BCUT2D eigenvalue weighted by Crippen LogP contribution is -2.51. The number of aryl methyl sites for hydroxylation is 1. The van der Waals surface area contributed by atoms with E-state index in [9.17, 15) is 4.79 Å². The second-order valence-electron chi connectivity index (χ2n) is 7.02. The minimum atomic E-state index is 0.0299. The van der Waals surface area contributed by atoms with E-state index in [0.717, 1.165) is 55.7 Å². The predicted octanol–water partition coefficient (Wildman–Crippen LogP) is 2.07. The number of carbonyl (C=O) groups excluding carboxylic acids is 1. The summed E-state index contributed by atoms with van der Waals surface area (Å²) in [7, 11) is 2.01. The summed E-state index contributed by atoms with van der Waals surface area (Å²) in [5.41, 5.74) is 1.14. The number of aromatic nitrogens is 3. The molecule has 3 heterocycles. The Morgan fingerprint density at radius 1 is 1.31 bits per heavy atom. The van der Waals surface area contributed by atoms with Gasteiger partial charge in [0, 0.05) is 64.0 Å². The van der Waals surface area contributed by atoms with Crippen LogP contribution in [0.4, 0.5) is 4.79 Å².